The van der Waals surface area contributed by atoms with Crippen LogP contribution in [-0.4, -0.2) is 11.1 Å². The summed E-state index contributed by atoms with van der Waals surface area (Å²) in [5, 5.41) is 9.29. The maximum atomic E-state index is 12.5. The Kier molecular flexibility index (Phi) is 4.31. The minimum absolute atomic E-state index is 0.238. The van der Waals surface area contributed by atoms with Gasteiger partial charge in [0.15, 0.2) is 0 Å². The van der Waals surface area contributed by atoms with E-state index in [1.54, 1.807) is 24.3 Å². The molecule has 0 aliphatic rings. The molecular formula is C16H13F3O2. The molecule has 0 aliphatic carbocycles. The molecule has 0 saturated heterocycles. The highest BCUT2D eigenvalue weighted by Crippen LogP contribution is 2.31. The molecule has 1 unspecified atom stereocenters. The lowest BCUT2D eigenvalue weighted by molar-refractivity contribution is -0.138. The molecular weight excluding hydrogens is 281 g/mol. The van der Waals surface area contributed by atoms with Crippen molar-refractivity contribution in [1.82, 2.24) is 0 Å². The number of rotatable bonds is 4. The number of hydrogen-bond donors (Lipinski definition) is 1. The average Bonchev–Trinajstić information content (AvgIpc) is 2.45. The van der Waals surface area contributed by atoms with Gasteiger partial charge in [0.1, 0.15) is 0 Å². The van der Waals surface area contributed by atoms with Gasteiger partial charge in [0.2, 0.25) is 0 Å². The molecule has 1 atom stereocenters. The summed E-state index contributed by atoms with van der Waals surface area (Å²) in [7, 11) is 0. The van der Waals surface area contributed by atoms with Gasteiger partial charge in [-0.1, -0.05) is 42.5 Å². The van der Waals surface area contributed by atoms with E-state index in [-0.39, 0.29) is 6.42 Å². The summed E-state index contributed by atoms with van der Waals surface area (Å²) in [6, 6.07) is 13.3. The monoisotopic (exact) mass is 294 g/mol. The summed E-state index contributed by atoms with van der Waals surface area (Å²) in [5.74, 6) is -1.92. The molecule has 0 fully saturated rings. The van der Waals surface area contributed by atoms with Crippen LogP contribution in [0.1, 0.15) is 22.6 Å². The highest BCUT2D eigenvalue weighted by Gasteiger charge is 2.30. The fourth-order valence-electron chi connectivity index (χ4n) is 2.10. The van der Waals surface area contributed by atoms with Gasteiger partial charge in [0.25, 0.3) is 0 Å². The van der Waals surface area contributed by atoms with E-state index in [2.05, 4.69) is 0 Å². The lowest BCUT2D eigenvalue weighted by atomic mass is 9.91. The molecule has 0 bridgehead atoms. The average molecular weight is 294 g/mol. The van der Waals surface area contributed by atoms with Crippen LogP contribution < -0.4 is 0 Å². The second-order valence-corrected chi connectivity index (χ2v) is 4.70. The van der Waals surface area contributed by atoms with Gasteiger partial charge in [-0.2, -0.15) is 13.2 Å². The second kappa shape index (κ2) is 5.99. The number of carboxylic acids is 1. The number of aliphatic carboxylic acids is 1. The van der Waals surface area contributed by atoms with E-state index < -0.39 is 23.6 Å². The van der Waals surface area contributed by atoms with Crippen LogP contribution in [0.2, 0.25) is 0 Å². The van der Waals surface area contributed by atoms with Crippen LogP contribution in [0, 0.1) is 0 Å². The third kappa shape index (κ3) is 3.84. The van der Waals surface area contributed by atoms with Gasteiger partial charge < -0.3 is 5.11 Å². The van der Waals surface area contributed by atoms with E-state index in [0.29, 0.717) is 5.56 Å². The van der Waals surface area contributed by atoms with Crippen LogP contribution in [0.5, 0.6) is 0 Å². The maximum absolute atomic E-state index is 12.5. The molecule has 2 rings (SSSR count). The van der Waals surface area contributed by atoms with Gasteiger partial charge in [0, 0.05) is 0 Å². The summed E-state index contributed by atoms with van der Waals surface area (Å²) >= 11 is 0. The van der Waals surface area contributed by atoms with E-state index in [1.165, 1.54) is 12.1 Å². The first-order valence-electron chi connectivity index (χ1n) is 6.32. The fraction of sp³-hybridized carbons (Fsp3) is 0.188. The number of halogens is 3. The van der Waals surface area contributed by atoms with Crippen LogP contribution in [-0.2, 0) is 17.4 Å². The van der Waals surface area contributed by atoms with Crippen LogP contribution in [0.25, 0.3) is 0 Å². The minimum atomic E-state index is -4.42. The van der Waals surface area contributed by atoms with Crippen molar-refractivity contribution < 1.29 is 23.1 Å². The maximum Gasteiger partial charge on any atom is 0.416 e. The molecule has 0 radical (unpaired) electrons. The Labute approximate surface area is 119 Å². The van der Waals surface area contributed by atoms with Crippen molar-refractivity contribution in [2.45, 2.75) is 18.5 Å². The van der Waals surface area contributed by atoms with E-state index in [1.807, 2.05) is 6.07 Å². The molecule has 0 saturated carbocycles. The lowest BCUT2D eigenvalue weighted by Gasteiger charge is -2.14. The third-order valence-electron chi connectivity index (χ3n) is 3.22. The van der Waals surface area contributed by atoms with E-state index in [0.717, 1.165) is 17.7 Å². The Morgan fingerprint density at radius 1 is 1.00 bits per heavy atom. The predicted octanol–water partition coefficient (Wildman–Crippen LogP) is 4.12. The largest absolute Gasteiger partial charge is 0.481 e. The summed E-state index contributed by atoms with van der Waals surface area (Å²) in [6.07, 6.45) is -4.18. The van der Waals surface area contributed by atoms with Gasteiger partial charge in [-0.3, -0.25) is 4.79 Å². The van der Waals surface area contributed by atoms with Crippen LogP contribution in [0.15, 0.2) is 54.6 Å². The van der Waals surface area contributed by atoms with Crippen molar-refractivity contribution in [3.63, 3.8) is 0 Å². The van der Waals surface area contributed by atoms with Gasteiger partial charge in [-0.05, 0) is 29.7 Å². The summed E-state index contributed by atoms with van der Waals surface area (Å²) in [5.41, 5.74) is 0.402. The molecule has 0 aromatic heterocycles. The van der Waals surface area contributed by atoms with E-state index >= 15 is 0 Å². The smallest absolute Gasteiger partial charge is 0.416 e. The first-order chi connectivity index (χ1) is 9.88. The number of carbonyl (C=O) groups is 1. The lowest BCUT2D eigenvalue weighted by Crippen LogP contribution is -2.15. The second-order valence-electron chi connectivity index (χ2n) is 4.70. The molecule has 1 N–H and O–H groups in total. The molecule has 0 amide bonds. The van der Waals surface area contributed by atoms with Crippen molar-refractivity contribution in [3.05, 3.63) is 71.3 Å². The zero-order chi connectivity index (χ0) is 15.5. The Balaban J connectivity index is 2.25. The highest BCUT2D eigenvalue weighted by molar-refractivity contribution is 5.76. The van der Waals surface area contributed by atoms with Gasteiger partial charge in [-0.15, -0.1) is 0 Å². The highest BCUT2D eigenvalue weighted by atomic mass is 19.4. The van der Waals surface area contributed by atoms with Gasteiger partial charge in [-0.25, -0.2) is 0 Å². The van der Waals surface area contributed by atoms with Crippen molar-refractivity contribution in [2.75, 3.05) is 0 Å². The Hall–Kier alpha value is -2.30. The molecule has 0 aliphatic heterocycles. The zero-order valence-corrected chi connectivity index (χ0v) is 11.0. The quantitative estimate of drug-likeness (QED) is 0.921. The minimum Gasteiger partial charge on any atom is -0.481 e. The Morgan fingerprint density at radius 3 is 2.05 bits per heavy atom. The molecule has 0 heterocycles. The standard InChI is InChI=1S/C16H13F3O2/c17-16(18,19)13-8-6-12(7-9-13)14(15(20)21)10-11-4-2-1-3-5-11/h1-9,14H,10H2,(H,20,21). The van der Waals surface area contributed by atoms with Crippen molar-refractivity contribution in [2.24, 2.45) is 0 Å². The van der Waals surface area contributed by atoms with E-state index in [4.69, 9.17) is 0 Å². The fourth-order valence-corrected chi connectivity index (χ4v) is 2.10. The third-order valence-corrected chi connectivity index (χ3v) is 3.22. The van der Waals surface area contributed by atoms with Crippen LogP contribution in [0.3, 0.4) is 0 Å². The summed E-state index contributed by atoms with van der Waals surface area (Å²) in [4.78, 5) is 11.4. The predicted molar refractivity (Wildman–Crippen MR) is 72.0 cm³/mol. The molecule has 21 heavy (non-hydrogen) atoms. The van der Waals surface area contributed by atoms with Crippen LogP contribution >= 0.6 is 0 Å². The van der Waals surface area contributed by atoms with Gasteiger partial charge in [0.05, 0.1) is 11.5 Å². The number of hydrogen-bond acceptors (Lipinski definition) is 1. The first kappa shape index (κ1) is 15.1. The SMILES string of the molecule is O=C(O)C(Cc1ccccc1)c1ccc(C(F)(F)F)cc1. The number of alkyl halides is 3. The van der Waals surface area contributed by atoms with E-state index in [9.17, 15) is 23.1 Å². The Morgan fingerprint density at radius 2 is 1.57 bits per heavy atom. The number of carboxylic acid groups (broad SMARTS) is 1. The molecule has 2 nitrogen and oxygen atoms in total. The Bertz CT molecular complexity index is 604. The topological polar surface area (TPSA) is 37.3 Å². The molecule has 0 spiro atoms. The van der Waals surface area contributed by atoms with Crippen molar-refractivity contribution in [1.29, 1.82) is 0 Å². The first-order valence-corrected chi connectivity index (χ1v) is 6.32. The summed E-state index contributed by atoms with van der Waals surface area (Å²) < 4.78 is 37.5. The molecule has 110 valence electrons. The number of benzene rings is 2. The van der Waals surface area contributed by atoms with Crippen molar-refractivity contribution in [3.8, 4) is 0 Å². The van der Waals surface area contributed by atoms with Crippen LogP contribution in [0.4, 0.5) is 13.2 Å². The molecule has 5 heteroatoms. The molecule has 2 aromatic rings. The molecule has 2 aromatic carbocycles. The summed E-state index contributed by atoms with van der Waals surface area (Å²) in [6.45, 7) is 0. The zero-order valence-electron chi connectivity index (χ0n) is 11.0. The van der Waals surface area contributed by atoms with Gasteiger partial charge >= 0.3 is 12.1 Å². The normalized spacial score (nSPS) is 12.9. The van der Waals surface area contributed by atoms with Crippen molar-refractivity contribution >= 4 is 5.97 Å².